The van der Waals surface area contributed by atoms with Crippen LogP contribution in [0.1, 0.15) is 13.3 Å². The minimum atomic E-state index is -3.03. The largest absolute Gasteiger partial charge is 0.326 e. The van der Waals surface area contributed by atoms with E-state index in [4.69, 9.17) is 5.73 Å². The molecular formula is C8H20ClN3O2S. The maximum absolute atomic E-state index is 11.1. The van der Waals surface area contributed by atoms with Gasteiger partial charge in [-0.05, 0) is 19.9 Å². The van der Waals surface area contributed by atoms with Crippen LogP contribution in [0.2, 0.25) is 0 Å². The fraction of sp³-hybridized carbons (Fsp3) is 1.00. The first-order valence-electron chi connectivity index (χ1n) is 4.99. The Morgan fingerprint density at radius 1 is 1.53 bits per heavy atom. The molecule has 1 aliphatic heterocycles. The Labute approximate surface area is 97.9 Å². The third-order valence-electron chi connectivity index (χ3n) is 2.44. The van der Waals surface area contributed by atoms with Gasteiger partial charge in [-0.25, -0.2) is 13.1 Å². The standard InChI is InChI=1S/C8H19N3O2S.ClH/c1-2-14(12,13)10-4-6-11-5-3-8(9)7-11;/h8,10H,2-7,9H2,1H3;1H/t8-;/m0./s1. The van der Waals surface area contributed by atoms with E-state index in [9.17, 15) is 8.42 Å². The van der Waals surface area contributed by atoms with Crippen LogP contribution in [0.5, 0.6) is 0 Å². The first kappa shape index (κ1) is 15.1. The fourth-order valence-electron chi connectivity index (χ4n) is 1.53. The summed E-state index contributed by atoms with van der Waals surface area (Å²) < 4.78 is 24.7. The molecule has 5 nitrogen and oxygen atoms in total. The predicted molar refractivity (Wildman–Crippen MR) is 63.7 cm³/mol. The number of sulfonamides is 1. The Balaban J connectivity index is 0.00000196. The molecule has 0 saturated carbocycles. The number of halogens is 1. The second-order valence-corrected chi connectivity index (χ2v) is 5.74. The van der Waals surface area contributed by atoms with Crippen molar-refractivity contribution in [2.45, 2.75) is 19.4 Å². The minimum absolute atomic E-state index is 0. The molecule has 15 heavy (non-hydrogen) atoms. The van der Waals surface area contributed by atoms with Gasteiger partial charge in [-0.15, -0.1) is 12.4 Å². The van der Waals surface area contributed by atoms with Crippen LogP contribution in [0.25, 0.3) is 0 Å². The van der Waals surface area contributed by atoms with Gasteiger partial charge < -0.3 is 10.6 Å². The third kappa shape index (κ3) is 5.67. The minimum Gasteiger partial charge on any atom is -0.326 e. The fourth-order valence-corrected chi connectivity index (χ4v) is 2.13. The molecule has 0 aromatic carbocycles. The van der Waals surface area contributed by atoms with E-state index in [0.29, 0.717) is 6.54 Å². The highest BCUT2D eigenvalue weighted by molar-refractivity contribution is 7.89. The van der Waals surface area contributed by atoms with Crippen LogP contribution in [0.3, 0.4) is 0 Å². The first-order chi connectivity index (χ1) is 6.53. The van der Waals surface area contributed by atoms with Crippen LogP contribution in [-0.4, -0.2) is 51.3 Å². The zero-order chi connectivity index (χ0) is 10.6. The summed E-state index contributed by atoms with van der Waals surface area (Å²) >= 11 is 0. The third-order valence-corrected chi connectivity index (χ3v) is 3.84. The second kappa shape index (κ2) is 6.65. The lowest BCUT2D eigenvalue weighted by atomic mass is 10.3. The van der Waals surface area contributed by atoms with Gasteiger partial charge in [0, 0.05) is 25.7 Å². The molecule has 0 bridgehead atoms. The lowest BCUT2D eigenvalue weighted by Gasteiger charge is -2.14. The molecule has 0 spiro atoms. The van der Waals surface area contributed by atoms with Gasteiger partial charge in [-0.1, -0.05) is 0 Å². The summed E-state index contributed by atoms with van der Waals surface area (Å²) in [6.45, 7) is 4.74. The monoisotopic (exact) mass is 257 g/mol. The van der Waals surface area contributed by atoms with Crippen molar-refractivity contribution in [2.24, 2.45) is 5.73 Å². The summed E-state index contributed by atoms with van der Waals surface area (Å²) in [5, 5.41) is 0. The van der Waals surface area contributed by atoms with E-state index >= 15 is 0 Å². The number of nitrogens with two attached hydrogens (primary N) is 1. The summed E-state index contributed by atoms with van der Waals surface area (Å²) in [5.74, 6) is 0.145. The normalized spacial score (nSPS) is 22.7. The van der Waals surface area contributed by atoms with E-state index in [1.807, 2.05) is 0 Å². The van der Waals surface area contributed by atoms with Gasteiger partial charge in [0.2, 0.25) is 10.0 Å². The van der Waals surface area contributed by atoms with Gasteiger partial charge in [0.05, 0.1) is 5.75 Å². The number of rotatable bonds is 5. The molecule has 1 saturated heterocycles. The number of likely N-dealkylation sites (tertiary alicyclic amines) is 1. The summed E-state index contributed by atoms with van der Waals surface area (Å²) in [7, 11) is -3.03. The van der Waals surface area contributed by atoms with Crippen molar-refractivity contribution < 1.29 is 8.42 Å². The van der Waals surface area contributed by atoms with Crippen molar-refractivity contribution in [3.63, 3.8) is 0 Å². The maximum atomic E-state index is 11.1. The molecule has 0 unspecified atom stereocenters. The zero-order valence-corrected chi connectivity index (χ0v) is 10.6. The van der Waals surface area contributed by atoms with E-state index in [2.05, 4.69) is 9.62 Å². The van der Waals surface area contributed by atoms with Crippen molar-refractivity contribution >= 4 is 22.4 Å². The molecule has 92 valence electrons. The Bertz CT molecular complexity index is 271. The van der Waals surface area contributed by atoms with Gasteiger partial charge in [0.25, 0.3) is 0 Å². The van der Waals surface area contributed by atoms with Crippen LogP contribution < -0.4 is 10.5 Å². The Kier molecular flexibility index (Phi) is 6.70. The average Bonchev–Trinajstić information content (AvgIpc) is 2.51. The van der Waals surface area contributed by atoms with Gasteiger partial charge in [0.1, 0.15) is 0 Å². The molecule has 1 fully saturated rings. The van der Waals surface area contributed by atoms with Crippen molar-refractivity contribution in [2.75, 3.05) is 31.9 Å². The van der Waals surface area contributed by atoms with Crippen LogP contribution >= 0.6 is 12.4 Å². The Morgan fingerprint density at radius 3 is 2.67 bits per heavy atom. The van der Waals surface area contributed by atoms with E-state index in [0.717, 1.165) is 26.1 Å². The zero-order valence-electron chi connectivity index (χ0n) is 8.98. The number of nitrogens with zero attached hydrogens (tertiary/aromatic N) is 1. The highest BCUT2D eigenvalue weighted by Gasteiger charge is 2.18. The predicted octanol–water partition coefficient (Wildman–Crippen LogP) is -0.619. The van der Waals surface area contributed by atoms with E-state index < -0.39 is 10.0 Å². The van der Waals surface area contributed by atoms with Gasteiger partial charge >= 0.3 is 0 Å². The summed E-state index contributed by atoms with van der Waals surface area (Å²) in [6.07, 6.45) is 1.01. The molecule has 1 rings (SSSR count). The molecule has 7 heteroatoms. The number of nitrogens with one attached hydrogen (secondary N) is 1. The second-order valence-electron chi connectivity index (χ2n) is 3.65. The number of hydrogen-bond acceptors (Lipinski definition) is 4. The van der Waals surface area contributed by atoms with Gasteiger partial charge in [0.15, 0.2) is 0 Å². The van der Waals surface area contributed by atoms with E-state index in [-0.39, 0.29) is 24.2 Å². The lowest BCUT2D eigenvalue weighted by molar-refractivity contribution is 0.339. The SMILES string of the molecule is CCS(=O)(=O)NCCN1CC[C@H](N)C1.Cl. The van der Waals surface area contributed by atoms with Crippen molar-refractivity contribution in [1.82, 2.24) is 9.62 Å². The smallest absolute Gasteiger partial charge is 0.211 e. The number of hydrogen-bond donors (Lipinski definition) is 2. The van der Waals surface area contributed by atoms with Crippen molar-refractivity contribution in [3.05, 3.63) is 0 Å². The van der Waals surface area contributed by atoms with Crippen molar-refractivity contribution in [3.8, 4) is 0 Å². The van der Waals surface area contributed by atoms with Crippen LogP contribution in [-0.2, 0) is 10.0 Å². The summed E-state index contributed by atoms with van der Waals surface area (Å²) in [5.41, 5.74) is 5.73. The Hall–Kier alpha value is 0.120. The van der Waals surface area contributed by atoms with Gasteiger partial charge in [-0.2, -0.15) is 0 Å². The molecule has 0 aromatic rings. The Morgan fingerprint density at radius 2 is 2.20 bits per heavy atom. The van der Waals surface area contributed by atoms with E-state index in [1.54, 1.807) is 6.92 Å². The van der Waals surface area contributed by atoms with Crippen LogP contribution in [0.4, 0.5) is 0 Å². The molecule has 0 amide bonds. The molecule has 1 heterocycles. The highest BCUT2D eigenvalue weighted by Crippen LogP contribution is 2.05. The quantitative estimate of drug-likeness (QED) is 0.689. The molecule has 0 radical (unpaired) electrons. The van der Waals surface area contributed by atoms with Crippen LogP contribution in [0.15, 0.2) is 0 Å². The summed E-state index contributed by atoms with van der Waals surface area (Å²) in [4.78, 5) is 2.18. The van der Waals surface area contributed by atoms with Crippen molar-refractivity contribution in [1.29, 1.82) is 0 Å². The van der Waals surface area contributed by atoms with E-state index in [1.165, 1.54) is 0 Å². The molecule has 1 atom stereocenters. The highest BCUT2D eigenvalue weighted by atomic mass is 35.5. The lowest BCUT2D eigenvalue weighted by Crippen LogP contribution is -2.35. The maximum Gasteiger partial charge on any atom is 0.211 e. The molecule has 0 aromatic heterocycles. The molecule has 1 aliphatic rings. The van der Waals surface area contributed by atoms with Gasteiger partial charge in [-0.3, -0.25) is 0 Å². The average molecular weight is 258 g/mol. The molecule has 0 aliphatic carbocycles. The topological polar surface area (TPSA) is 75.4 Å². The molecule has 3 N–H and O–H groups in total. The first-order valence-corrected chi connectivity index (χ1v) is 6.64. The molecular weight excluding hydrogens is 238 g/mol. The van der Waals surface area contributed by atoms with Crippen LogP contribution in [0, 0.1) is 0 Å². The summed E-state index contributed by atoms with van der Waals surface area (Å²) in [6, 6.07) is 0.262.